The van der Waals surface area contributed by atoms with Crippen LogP contribution in [0, 0.1) is 11.8 Å². The van der Waals surface area contributed by atoms with Gasteiger partial charge in [0.15, 0.2) is 0 Å². The lowest BCUT2D eigenvalue weighted by Crippen LogP contribution is -2.41. The fourth-order valence-corrected chi connectivity index (χ4v) is 2.89. The number of rotatable bonds is 2. The van der Waals surface area contributed by atoms with Crippen LogP contribution in [0.2, 0.25) is 0 Å². The molecule has 0 aromatic heterocycles. The fraction of sp³-hybridized carbons (Fsp3) is 1.00. The zero-order valence-corrected chi connectivity index (χ0v) is 8.50. The normalized spacial score (nSPS) is 39.9. The summed E-state index contributed by atoms with van der Waals surface area (Å²) in [6.07, 6.45) is 7.21. The van der Waals surface area contributed by atoms with Gasteiger partial charge in [0, 0.05) is 19.6 Å². The summed E-state index contributed by atoms with van der Waals surface area (Å²) in [5.41, 5.74) is 0. The maximum absolute atomic E-state index is 5.87. The van der Waals surface area contributed by atoms with Crippen molar-refractivity contribution in [3.05, 3.63) is 0 Å². The van der Waals surface area contributed by atoms with Crippen molar-refractivity contribution in [2.45, 2.75) is 38.2 Å². The van der Waals surface area contributed by atoms with Crippen molar-refractivity contribution in [2.75, 3.05) is 20.3 Å². The van der Waals surface area contributed by atoms with E-state index >= 15 is 0 Å². The van der Waals surface area contributed by atoms with Crippen molar-refractivity contribution in [1.29, 1.82) is 0 Å². The molecule has 2 nitrogen and oxygen atoms in total. The van der Waals surface area contributed by atoms with Crippen LogP contribution in [0.1, 0.15) is 32.1 Å². The molecule has 0 radical (unpaired) electrons. The van der Waals surface area contributed by atoms with Crippen LogP contribution in [0.4, 0.5) is 0 Å². The molecule has 0 aromatic carbocycles. The summed E-state index contributed by atoms with van der Waals surface area (Å²) >= 11 is 0. The number of methoxy groups -OCH3 is 1. The van der Waals surface area contributed by atoms with E-state index in [-0.39, 0.29) is 0 Å². The first-order valence-corrected chi connectivity index (χ1v) is 5.52. The molecule has 76 valence electrons. The predicted octanol–water partition coefficient (Wildman–Crippen LogP) is 2.23. The number of hydrogen-bond donors (Lipinski definition) is 0. The average Bonchev–Trinajstić information content (AvgIpc) is 2.19. The monoisotopic (exact) mass is 184 g/mol. The molecule has 1 aliphatic carbocycles. The van der Waals surface area contributed by atoms with Crippen LogP contribution in [0.5, 0.6) is 0 Å². The Hall–Kier alpha value is -0.0800. The molecular formula is C11H20O2. The van der Waals surface area contributed by atoms with Gasteiger partial charge in [-0.15, -0.1) is 0 Å². The van der Waals surface area contributed by atoms with E-state index in [2.05, 4.69) is 0 Å². The van der Waals surface area contributed by atoms with E-state index in [1.54, 1.807) is 7.11 Å². The van der Waals surface area contributed by atoms with Crippen LogP contribution >= 0.6 is 0 Å². The number of fused-ring (bicyclic) bond motifs is 1. The first-order chi connectivity index (χ1) is 6.42. The van der Waals surface area contributed by atoms with Crippen molar-refractivity contribution >= 4 is 0 Å². The fourth-order valence-electron chi connectivity index (χ4n) is 2.89. The van der Waals surface area contributed by atoms with Gasteiger partial charge in [0.2, 0.25) is 0 Å². The van der Waals surface area contributed by atoms with Crippen LogP contribution in [-0.4, -0.2) is 26.4 Å². The van der Waals surface area contributed by atoms with Crippen molar-refractivity contribution in [2.24, 2.45) is 11.8 Å². The molecule has 1 aliphatic heterocycles. The summed E-state index contributed by atoms with van der Waals surface area (Å²) in [6.45, 7) is 1.86. The standard InChI is InChI=1S/C11H20O2/c1-12-8-10-5-2-4-9-6-3-7-13-11(9)10/h9-11H,2-8H2,1H3. The second-order valence-corrected chi connectivity index (χ2v) is 4.38. The molecule has 0 spiro atoms. The lowest BCUT2D eigenvalue weighted by Gasteiger charge is -2.40. The van der Waals surface area contributed by atoms with Crippen molar-refractivity contribution in [3.63, 3.8) is 0 Å². The van der Waals surface area contributed by atoms with E-state index in [1.807, 2.05) is 0 Å². The van der Waals surface area contributed by atoms with E-state index in [4.69, 9.17) is 9.47 Å². The minimum absolute atomic E-state index is 0.516. The van der Waals surface area contributed by atoms with Crippen molar-refractivity contribution in [3.8, 4) is 0 Å². The molecule has 3 unspecified atom stereocenters. The highest BCUT2D eigenvalue weighted by Crippen LogP contribution is 2.37. The average molecular weight is 184 g/mol. The first kappa shape index (κ1) is 9.47. The molecule has 0 N–H and O–H groups in total. The largest absolute Gasteiger partial charge is 0.384 e. The summed E-state index contributed by atoms with van der Waals surface area (Å²) in [5, 5.41) is 0. The van der Waals surface area contributed by atoms with Gasteiger partial charge >= 0.3 is 0 Å². The number of hydrogen-bond acceptors (Lipinski definition) is 2. The minimum Gasteiger partial charge on any atom is -0.384 e. The highest BCUT2D eigenvalue weighted by Gasteiger charge is 2.35. The second-order valence-electron chi connectivity index (χ2n) is 4.38. The molecule has 1 saturated carbocycles. The van der Waals surface area contributed by atoms with Crippen LogP contribution in [0.25, 0.3) is 0 Å². The van der Waals surface area contributed by atoms with Crippen LogP contribution in [-0.2, 0) is 9.47 Å². The van der Waals surface area contributed by atoms with Gasteiger partial charge < -0.3 is 9.47 Å². The van der Waals surface area contributed by atoms with Gasteiger partial charge in [-0.25, -0.2) is 0 Å². The first-order valence-electron chi connectivity index (χ1n) is 5.52. The van der Waals surface area contributed by atoms with Crippen molar-refractivity contribution in [1.82, 2.24) is 0 Å². The molecule has 13 heavy (non-hydrogen) atoms. The molecule has 2 aliphatic rings. The summed E-state index contributed by atoms with van der Waals surface area (Å²) in [5.74, 6) is 1.51. The molecule has 1 saturated heterocycles. The summed E-state index contributed by atoms with van der Waals surface area (Å²) < 4.78 is 11.1. The Morgan fingerprint density at radius 1 is 1.23 bits per heavy atom. The molecular weight excluding hydrogens is 164 g/mol. The Morgan fingerprint density at radius 3 is 2.92 bits per heavy atom. The molecule has 2 heteroatoms. The Balaban J connectivity index is 1.94. The van der Waals surface area contributed by atoms with E-state index in [1.165, 1.54) is 32.1 Å². The topological polar surface area (TPSA) is 18.5 Å². The Bertz CT molecular complexity index is 154. The zero-order valence-electron chi connectivity index (χ0n) is 8.50. The quantitative estimate of drug-likeness (QED) is 0.655. The van der Waals surface area contributed by atoms with E-state index < -0.39 is 0 Å². The summed E-state index contributed by atoms with van der Waals surface area (Å²) in [4.78, 5) is 0. The molecule has 0 bridgehead atoms. The SMILES string of the molecule is COCC1CCCC2CCCOC21. The van der Waals surface area contributed by atoms with Gasteiger partial charge in [-0.3, -0.25) is 0 Å². The molecule has 2 fully saturated rings. The molecule has 3 atom stereocenters. The third-order valence-electron chi connectivity index (χ3n) is 3.49. The maximum atomic E-state index is 5.87. The van der Waals surface area contributed by atoms with E-state index in [0.717, 1.165) is 19.1 Å². The van der Waals surface area contributed by atoms with Gasteiger partial charge in [0.25, 0.3) is 0 Å². The molecule has 0 aromatic rings. The smallest absolute Gasteiger partial charge is 0.0653 e. The third-order valence-corrected chi connectivity index (χ3v) is 3.49. The Kier molecular flexibility index (Phi) is 3.23. The minimum atomic E-state index is 0.516. The Morgan fingerprint density at radius 2 is 2.08 bits per heavy atom. The summed E-state index contributed by atoms with van der Waals surface area (Å²) in [6, 6.07) is 0. The zero-order chi connectivity index (χ0) is 9.10. The van der Waals surface area contributed by atoms with Crippen LogP contribution < -0.4 is 0 Å². The van der Waals surface area contributed by atoms with Crippen molar-refractivity contribution < 1.29 is 9.47 Å². The maximum Gasteiger partial charge on any atom is 0.0653 e. The number of ether oxygens (including phenoxy) is 2. The highest BCUT2D eigenvalue weighted by atomic mass is 16.5. The molecule has 1 heterocycles. The third kappa shape index (κ3) is 2.05. The second kappa shape index (κ2) is 4.43. The summed E-state index contributed by atoms with van der Waals surface area (Å²) in [7, 11) is 1.80. The van der Waals surface area contributed by atoms with Crippen LogP contribution in [0.15, 0.2) is 0 Å². The van der Waals surface area contributed by atoms with Gasteiger partial charge in [-0.2, -0.15) is 0 Å². The van der Waals surface area contributed by atoms with Gasteiger partial charge in [0.05, 0.1) is 12.7 Å². The molecule has 2 rings (SSSR count). The highest BCUT2D eigenvalue weighted by molar-refractivity contribution is 4.85. The van der Waals surface area contributed by atoms with E-state index in [9.17, 15) is 0 Å². The lowest BCUT2D eigenvalue weighted by atomic mass is 9.76. The van der Waals surface area contributed by atoms with E-state index in [0.29, 0.717) is 12.0 Å². The van der Waals surface area contributed by atoms with Gasteiger partial charge in [-0.1, -0.05) is 6.42 Å². The molecule has 0 amide bonds. The van der Waals surface area contributed by atoms with Gasteiger partial charge in [-0.05, 0) is 31.6 Å². The predicted molar refractivity (Wildman–Crippen MR) is 51.7 cm³/mol. The van der Waals surface area contributed by atoms with Gasteiger partial charge in [0.1, 0.15) is 0 Å². The Labute approximate surface area is 80.6 Å². The van der Waals surface area contributed by atoms with Crippen LogP contribution in [0.3, 0.4) is 0 Å². The lowest BCUT2D eigenvalue weighted by molar-refractivity contribution is -0.0954.